The van der Waals surface area contributed by atoms with E-state index in [0.717, 1.165) is 16.5 Å². The van der Waals surface area contributed by atoms with Gasteiger partial charge in [0.25, 0.3) is 0 Å². The summed E-state index contributed by atoms with van der Waals surface area (Å²) in [5.74, 6) is 1.13. The Morgan fingerprint density at radius 3 is 2.50 bits per heavy atom. The predicted octanol–water partition coefficient (Wildman–Crippen LogP) is 5.52. The summed E-state index contributed by atoms with van der Waals surface area (Å²) in [6.45, 7) is 2.58. The lowest BCUT2D eigenvalue weighted by molar-refractivity contribution is 0.442. The summed E-state index contributed by atoms with van der Waals surface area (Å²) in [5.41, 5.74) is 1.30. The van der Waals surface area contributed by atoms with Crippen LogP contribution in [0, 0.1) is 11.3 Å². The van der Waals surface area contributed by atoms with Crippen LogP contribution in [0.15, 0.2) is 60.7 Å². The van der Waals surface area contributed by atoms with Gasteiger partial charge in [-0.3, -0.25) is 0 Å². The van der Waals surface area contributed by atoms with Crippen LogP contribution < -0.4 is 15.4 Å². The molecule has 4 aromatic rings. The second-order valence-corrected chi connectivity index (χ2v) is 6.69. The van der Waals surface area contributed by atoms with Gasteiger partial charge in [0.2, 0.25) is 11.9 Å². The maximum Gasteiger partial charge on any atom is 0.328 e. The molecule has 7 nitrogen and oxygen atoms in total. The molecule has 0 radical (unpaired) electrons. The van der Waals surface area contributed by atoms with E-state index >= 15 is 0 Å². The molecule has 8 heteroatoms. The highest BCUT2D eigenvalue weighted by molar-refractivity contribution is 6.37. The molecule has 0 saturated heterocycles. The van der Waals surface area contributed by atoms with Crippen LogP contribution in [-0.4, -0.2) is 21.5 Å². The molecule has 2 N–H and O–H groups in total. The quantitative estimate of drug-likeness (QED) is 0.427. The number of hydrogen-bond acceptors (Lipinski definition) is 7. The van der Waals surface area contributed by atoms with Gasteiger partial charge in [-0.1, -0.05) is 41.9 Å². The van der Waals surface area contributed by atoms with Crippen molar-refractivity contribution < 1.29 is 4.74 Å². The number of aromatic nitrogens is 3. The third-order valence-electron chi connectivity index (χ3n) is 4.25. The molecule has 148 valence electrons. The van der Waals surface area contributed by atoms with Crippen molar-refractivity contribution in [1.29, 1.82) is 5.26 Å². The smallest absolute Gasteiger partial charge is 0.328 e. The van der Waals surface area contributed by atoms with Gasteiger partial charge in [0.1, 0.15) is 5.75 Å². The molecule has 1 heterocycles. The average molecular weight is 417 g/mol. The summed E-state index contributed by atoms with van der Waals surface area (Å²) in [5, 5.41) is 17.5. The second-order valence-electron chi connectivity index (χ2n) is 6.31. The maximum atomic E-state index is 8.94. The van der Waals surface area contributed by atoms with Crippen LogP contribution in [0.3, 0.4) is 0 Å². The van der Waals surface area contributed by atoms with Crippen LogP contribution in [0.2, 0.25) is 5.02 Å². The number of fused-ring (bicyclic) bond motifs is 1. The number of nitriles is 1. The monoisotopic (exact) mass is 416 g/mol. The Morgan fingerprint density at radius 2 is 1.73 bits per heavy atom. The topological polar surface area (TPSA) is 95.8 Å². The molecule has 0 fully saturated rings. The van der Waals surface area contributed by atoms with E-state index in [1.807, 2.05) is 37.3 Å². The number of benzene rings is 3. The Hall–Kier alpha value is -3.89. The number of nitrogens with zero attached hydrogens (tertiary/aromatic N) is 4. The number of rotatable bonds is 6. The van der Waals surface area contributed by atoms with E-state index in [9.17, 15) is 0 Å². The summed E-state index contributed by atoms with van der Waals surface area (Å²) < 4.78 is 5.90. The van der Waals surface area contributed by atoms with Crippen LogP contribution >= 0.6 is 11.6 Å². The van der Waals surface area contributed by atoms with Gasteiger partial charge in [-0.15, -0.1) is 0 Å². The first kappa shape index (κ1) is 19.4. The molecule has 1 aromatic heterocycles. The minimum absolute atomic E-state index is 0.106. The van der Waals surface area contributed by atoms with Gasteiger partial charge >= 0.3 is 6.01 Å². The van der Waals surface area contributed by atoms with Gasteiger partial charge in [-0.2, -0.15) is 20.2 Å². The Bertz CT molecular complexity index is 1240. The predicted molar refractivity (Wildman–Crippen MR) is 117 cm³/mol. The van der Waals surface area contributed by atoms with Gasteiger partial charge in [0.05, 0.1) is 16.7 Å². The van der Waals surface area contributed by atoms with Crippen LogP contribution in [0.1, 0.15) is 12.5 Å². The molecule has 0 aliphatic heterocycles. The van der Waals surface area contributed by atoms with E-state index in [2.05, 4.69) is 31.7 Å². The van der Waals surface area contributed by atoms with Gasteiger partial charge in [0.15, 0.2) is 0 Å². The lowest BCUT2D eigenvalue weighted by atomic mass is 10.1. The van der Waals surface area contributed by atoms with Crippen LogP contribution in [0.5, 0.6) is 11.8 Å². The Balaban J connectivity index is 1.65. The molecule has 3 aromatic carbocycles. The molecular formula is C22H17ClN6O. The first-order valence-corrected chi connectivity index (χ1v) is 9.66. The van der Waals surface area contributed by atoms with E-state index in [-0.39, 0.29) is 6.01 Å². The molecule has 0 bridgehead atoms. The Morgan fingerprint density at radius 1 is 0.967 bits per heavy atom. The van der Waals surface area contributed by atoms with E-state index in [4.69, 9.17) is 21.6 Å². The van der Waals surface area contributed by atoms with Gasteiger partial charge in [0, 0.05) is 17.6 Å². The molecule has 0 unspecified atom stereocenters. The van der Waals surface area contributed by atoms with Gasteiger partial charge in [-0.25, -0.2) is 0 Å². The normalized spacial score (nSPS) is 10.4. The average Bonchev–Trinajstić information content (AvgIpc) is 2.76. The second kappa shape index (κ2) is 8.64. The number of nitrogens with one attached hydrogen (secondary N) is 2. The van der Waals surface area contributed by atoms with Crippen LogP contribution in [0.25, 0.3) is 10.8 Å². The zero-order valence-electron chi connectivity index (χ0n) is 16.1. The first-order valence-electron chi connectivity index (χ1n) is 9.28. The van der Waals surface area contributed by atoms with Crippen LogP contribution in [-0.2, 0) is 0 Å². The Kier molecular flexibility index (Phi) is 5.59. The van der Waals surface area contributed by atoms with Crippen molar-refractivity contribution in [2.45, 2.75) is 6.92 Å². The first-order chi connectivity index (χ1) is 14.7. The number of hydrogen-bond donors (Lipinski definition) is 2. The van der Waals surface area contributed by atoms with E-state index < -0.39 is 0 Å². The highest BCUT2D eigenvalue weighted by Gasteiger charge is 2.12. The van der Waals surface area contributed by atoms with Crippen molar-refractivity contribution in [3.63, 3.8) is 0 Å². The molecular weight excluding hydrogens is 400 g/mol. The number of ether oxygens (including phenoxy) is 1. The summed E-state index contributed by atoms with van der Waals surface area (Å²) >= 11 is 6.54. The van der Waals surface area contributed by atoms with Crippen molar-refractivity contribution in [2.75, 3.05) is 17.2 Å². The fraction of sp³-hybridized carbons (Fsp3) is 0.0909. The van der Waals surface area contributed by atoms with Crippen molar-refractivity contribution in [1.82, 2.24) is 15.0 Å². The zero-order valence-corrected chi connectivity index (χ0v) is 16.8. The van der Waals surface area contributed by atoms with Crippen molar-refractivity contribution >= 4 is 40.0 Å². The third-order valence-corrected chi connectivity index (χ3v) is 4.64. The third kappa shape index (κ3) is 4.24. The largest absolute Gasteiger partial charge is 0.423 e. The lowest BCUT2D eigenvalue weighted by Crippen LogP contribution is -2.07. The fourth-order valence-corrected chi connectivity index (χ4v) is 3.12. The fourth-order valence-electron chi connectivity index (χ4n) is 2.84. The van der Waals surface area contributed by atoms with E-state index in [1.165, 1.54) is 0 Å². The van der Waals surface area contributed by atoms with Crippen LogP contribution in [0.4, 0.5) is 17.6 Å². The summed E-state index contributed by atoms with van der Waals surface area (Å²) in [6, 6.07) is 20.7. The number of anilines is 3. The maximum absolute atomic E-state index is 8.94. The standard InChI is InChI=1S/C22H17ClN6O/c1-2-25-20-27-21(26-16-10-7-14(13-24)8-11-16)29-22(28-20)30-18-12-9-15-5-3-4-6-17(15)19(18)23/h3-12H,2H2,1H3,(H2,25,26,27,28,29). The summed E-state index contributed by atoms with van der Waals surface area (Å²) in [7, 11) is 0. The molecule has 0 atom stereocenters. The minimum Gasteiger partial charge on any atom is -0.423 e. The minimum atomic E-state index is 0.106. The molecule has 0 spiro atoms. The highest BCUT2D eigenvalue weighted by atomic mass is 35.5. The highest BCUT2D eigenvalue weighted by Crippen LogP contribution is 2.35. The summed E-state index contributed by atoms with van der Waals surface area (Å²) in [6.07, 6.45) is 0. The zero-order chi connectivity index (χ0) is 20.9. The SMILES string of the molecule is CCNc1nc(Nc2ccc(C#N)cc2)nc(Oc2ccc3ccccc3c2Cl)n1. The molecule has 0 amide bonds. The van der Waals surface area contributed by atoms with Crippen molar-refractivity contribution in [3.05, 3.63) is 71.2 Å². The van der Waals surface area contributed by atoms with E-state index in [0.29, 0.717) is 34.8 Å². The lowest BCUT2D eigenvalue weighted by Gasteiger charge is -2.11. The molecule has 30 heavy (non-hydrogen) atoms. The molecule has 0 aliphatic rings. The number of halogens is 1. The summed E-state index contributed by atoms with van der Waals surface area (Å²) in [4.78, 5) is 13.0. The van der Waals surface area contributed by atoms with E-state index in [1.54, 1.807) is 30.3 Å². The molecule has 0 aliphatic carbocycles. The molecule has 4 rings (SSSR count). The Labute approximate surface area is 178 Å². The molecule has 0 saturated carbocycles. The van der Waals surface area contributed by atoms with Crippen molar-refractivity contribution in [3.8, 4) is 17.8 Å². The van der Waals surface area contributed by atoms with Gasteiger partial charge in [-0.05, 0) is 42.6 Å². The van der Waals surface area contributed by atoms with Gasteiger partial charge < -0.3 is 15.4 Å². The van der Waals surface area contributed by atoms with Crippen molar-refractivity contribution in [2.24, 2.45) is 0 Å².